The molecule has 3 heteroatoms. The number of hydrogen-bond acceptors (Lipinski definition) is 3. The van der Waals surface area contributed by atoms with Gasteiger partial charge >= 0.3 is 0 Å². The summed E-state index contributed by atoms with van der Waals surface area (Å²) in [5.41, 5.74) is 10.1. The molecular weight excluding hydrogens is 248 g/mol. The average molecular weight is 268 g/mol. The van der Waals surface area contributed by atoms with Crippen molar-refractivity contribution in [1.82, 2.24) is 0 Å². The SMILES string of the molecule is Nc1ccc(O)c(CN2CCCCc3ccccc32)c1. The van der Waals surface area contributed by atoms with Crippen molar-refractivity contribution in [3.8, 4) is 5.75 Å². The molecule has 3 nitrogen and oxygen atoms in total. The van der Waals surface area contributed by atoms with E-state index in [9.17, 15) is 5.11 Å². The number of rotatable bonds is 2. The van der Waals surface area contributed by atoms with E-state index in [1.54, 1.807) is 12.1 Å². The maximum Gasteiger partial charge on any atom is 0.120 e. The first-order valence-corrected chi connectivity index (χ1v) is 7.14. The van der Waals surface area contributed by atoms with E-state index in [0.717, 1.165) is 18.5 Å². The summed E-state index contributed by atoms with van der Waals surface area (Å²) in [6.45, 7) is 1.72. The number of phenolic OH excluding ortho intramolecular Hbond substituents is 1. The number of anilines is 2. The Morgan fingerprint density at radius 2 is 1.95 bits per heavy atom. The van der Waals surface area contributed by atoms with Crippen LogP contribution in [0, 0.1) is 0 Å². The molecule has 104 valence electrons. The third-order valence-electron chi connectivity index (χ3n) is 3.92. The topological polar surface area (TPSA) is 49.5 Å². The van der Waals surface area contributed by atoms with Gasteiger partial charge in [-0.3, -0.25) is 0 Å². The fourth-order valence-electron chi connectivity index (χ4n) is 2.87. The Kier molecular flexibility index (Phi) is 3.50. The Hall–Kier alpha value is -2.16. The Balaban J connectivity index is 1.92. The number of para-hydroxylation sites is 1. The zero-order valence-corrected chi connectivity index (χ0v) is 11.5. The molecule has 1 aliphatic rings. The van der Waals surface area contributed by atoms with Gasteiger partial charge in [-0.1, -0.05) is 18.2 Å². The Labute approximate surface area is 119 Å². The number of aromatic hydroxyl groups is 1. The van der Waals surface area contributed by atoms with E-state index in [0.29, 0.717) is 18.0 Å². The van der Waals surface area contributed by atoms with Gasteiger partial charge < -0.3 is 15.7 Å². The summed E-state index contributed by atoms with van der Waals surface area (Å²) >= 11 is 0. The molecule has 20 heavy (non-hydrogen) atoms. The third kappa shape index (κ3) is 2.57. The maximum atomic E-state index is 10.0. The lowest BCUT2D eigenvalue weighted by Gasteiger charge is -2.25. The molecule has 0 saturated carbocycles. The molecule has 0 amide bonds. The Bertz CT molecular complexity index is 610. The van der Waals surface area contributed by atoms with Crippen molar-refractivity contribution in [2.75, 3.05) is 17.2 Å². The highest BCUT2D eigenvalue weighted by Gasteiger charge is 2.16. The van der Waals surface area contributed by atoms with Crippen LogP contribution in [0.1, 0.15) is 24.0 Å². The number of nitrogens with two attached hydrogens (primary N) is 1. The minimum Gasteiger partial charge on any atom is -0.508 e. The van der Waals surface area contributed by atoms with Crippen LogP contribution in [0.3, 0.4) is 0 Å². The van der Waals surface area contributed by atoms with Crippen molar-refractivity contribution >= 4 is 11.4 Å². The van der Waals surface area contributed by atoms with Crippen LogP contribution in [0.5, 0.6) is 5.75 Å². The summed E-state index contributed by atoms with van der Waals surface area (Å²) in [5.74, 6) is 0.320. The van der Waals surface area contributed by atoms with Crippen molar-refractivity contribution in [3.63, 3.8) is 0 Å². The first-order valence-electron chi connectivity index (χ1n) is 7.14. The fraction of sp³-hybridized carbons (Fsp3) is 0.294. The second kappa shape index (κ2) is 5.45. The van der Waals surface area contributed by atoms with E-state index in [2.05, 4.69) is 29.2 Å². The summed E-state index contributed by atoms with van der Waals surface area (Å²) in [5, 5.41) is 10.0. The molecule has 0 saturated heterocycles. The number of nitrogen functional groups attached to an aromatic ring is 1. The second-order valence-electron chi connectivity index (χ2n) is 5.40. The monoisotopic (exact) mass is 268 g/mol. The first kappa shape index (κ1) is 12.9. The zero-order valence-electron chi connectivity index (χ0n) is 11.5. The lowest BCUT2D eigenvalue weighted by atomic mass is 10.1. The molecule has 0 aromatic heterocycles. The van der Waals surface area contributed by atoms with Gasteiger partial charge in [0.2, 0.25) is 0 Å². The molecular formula is C17H20N2O. The molecule has 3 rings (SSSR count). The molecule has 0 radical (unpaired) electrons. The molecule has 1 heterocycles. The number of benzene rings is 2. The second-order valence-corrected chi connectivity index (χ2v) is 5.40. The standard InChI is InChI=1S/C17H20N2O/c18-15-8-9-17(20)14(11-15)12-19-10-4-3-6-13-5-1-2-7-16(13)19/h1-2,5,7-9,11,20H,3-4,6,10,12,18H2. The molecule has 0 aliphatic carbocycles. The predicted octanol–water partition coefficient (Wildman–Crippen LogP) is 3.32. The molecule has 0 unspecified atom stereocenters. The van der Waals surface area contributed by atoms with Crippen LogP contribution in [0.2, 0.25) is 0 Å². The van der Waals surface area contributed by atoms with Gasteiger partial charge in [0, 0.05) is 30.0 Å². The van der Waals surface area contributed by atoms with Gasteiger partial charge in [0.1, 0.15) is 5.75 Å². The van der Waals surface area contributed by atoms with Crippen LogP contribution >= 0.6 is 0 Å². The Morgan fingerprint density at radius 3 is 2.85 bits per heavy atom. The van der Waals surface area contributed by atoms with Gasteiger partial charge in [-0.2, -0.15) is 0 Å². The zero-order chi connectivity index (χ0) is 13.9. The lowest BCUT2D eigenvalue weighted by Crippen LogP contribution is -2.23. The third-order valence-corrected chi connectivity index (χ3v) is 3.92. The van der Waals surface area contributed by atoms with Gasteiger partial charge in [-0.25, -0.2) is 0 Å². The predicted molar refractivity (Wildman–Crippen MR) is 82.9 cm³/mol. The normalized spacial score (nSPS) is 14.7. The van der Waals surface area contributed by atoms with Gasteiger partial charge in [0.05, 0.1) is 0 Å². The molecule has 1 aliphatic heterocycles. The lowest BCUT2D eigenvalue weighted by molar-refractivity contribution is 0.467. The van der Waals surface area contributed by atoms with E-state index < -0.39 is 0 Å². The van der Waals surface area contributed by atoms with E-state index in [1.165, 1.54) is 24.1 Å². The van der Waals surface area contributed by atoms with Crippen molar-refractivity contribution in [3.05, 3.63) is 53.6 Å². The molecule has 2 aromatic rings. The summed E-state index contributed by atoms with van der Waals surface area (Å²) in [6.07, 6.45) is 3.53. The van der Waals surface area contributed by atoms with Gasteiger partial charge in [-0.05, 0) is 49.1 Å². The highest BCUT2D eigenvalue weighted by atomic mass is 16.3. The van der Waals surface area contributed by atoms with Gasteiger partial charge in [-0.15, -0.1) is 0 Å². The van der Waals surface area contributed by atoms with Crippen molar-refractivity contribution < 1.29 is 5.11 Å². The van der Waals surface area contributed by atoms with Crippen molar-refractivity contribution in [2.45, 2.75) is 25.8 Å². The number of nitrogens with zero attached hydrogens (tertiary/aromatic N) is 1. The quantitative estimate of drug-likeness (QED) is 0.649. The van der Waals surface area contributed by atoms with Crippen LogP contribution < -0.4 is 10.6 Å². The highest BCUT2D eigenvalue weighted by Crippen LogP contribution is 2.29. The van der Waals surface area contributed by atoms with Gasteiger partial charge in [0.15, 0.2) is 0 Å². The number of phenols is 1. The fourth-order valence-corrected chi connectivity index (χ4v) is 2.87. The van der Waals surface area contributed by atoms with E-state index in [-0.39, 0.29) is 0 Å². The summed E-state index contributed by atoms with van der Waals surface area (Å²) in [4.78, 5) is 2.34. The largest absolute Gasteiger partial charge is 0.508 e. The van der Waals surface area contributed by atoms with Crippen LogP contribution in [0.15, 0.2) is 42.5 Å². The molecule has 3 N–H and O–H groups in total. The van der Waals surface area contributed by atoms with E-state index >= 15 is 0 Å². The van der Waals surface area contributed by atoms with E-state index in [1.807, 2.05) is 6.07 Å². The van der Waals surface area contributed by atoms with Crippen LogP contribution in [-0.2, 0) is 13.0 Å². The van der Waals surface area contributed by atoms with Crippen LogP contribution in [0.25, 0.3) is 0 Å². The van der Waals surface area contributed by atoms with Crippen molar-refractivity contribution in [1.29, 1.82) is 0 Å². The molecule has 0 atom stereocenters. The number of aryl methyl sites for hydroxylation is 1. The average Bonchev–Trinajstić information content (AvgIpc) is 2.66. The number of fused-ring (bicyclic) bond motifs is 1. The van der Waals surface area contributed by atoms with Crippen molar-refractivity contribution in [2.24, 2.45) is 0 Å². The van der Waals surface area contributed by atoms with Crippen LogP contribution in [-0.4, -0.2) is 11.7 Å². The minimum atomic E-state index is 0.320. The number of hydrogen-bond donors (Lipinski definition) is 2. The van der Waals surface area contributed by atoms with E-state index in [4.69, 9.17) is 5.73 Å². The first-order chi connectivity index (χ1) is 9.74. The summed E-state index contributed by atoms with van der Waals surface area (Å²) in [6, 6.07) is 13.8. The Morgan fingerprint density at radius 1 is 1.10 bits per heavy atom. The summed E-state index contributed by atoms with van der Waals surface area (Å²) < 4.78 is 0. The van der Waals surface area contributed by atoms with Gasteiger partial charge in [0.25, 0.3) is 0 Å². The minimum absolute atomic E-state index is 0.320. The molecule has 0 bridgehead atoms. The molecule has 2 aromatic carbocycles. The summed E-state index contributed by atoms with van der Waals surface area (Å²) in [7, 11) is 0. The molecule has 0 fully saturated rings. The maximum absolute atomic E-state index is 10.0. The van der Waals surface area contributed by atoms with Crippen LogP contribution in [0.4, 0.5) is 11.4 Å². The highest BCUT2D eigenvalue weighted by molar-refractivity contribution is 5.56. The molecule has 0 spiro atoms. The smallest absolute Gasteiger partial charge is 0.120 e.